The summed E-state index contributed by atoms with van der Waals surface area (Å²) in [7, 11) is 0. The highest BCUT2D eigenvalue weighted by Gasteiger charge is 2.13. The van der Waals surface area contributed by atoms with Crippen molar-refractivity contribution in [3.8, 4) is 0 Å². The Morgan fingerprint density at radius 3 is 1.36 bits per heavy atom. The summed E-state index contributed by atoms with van der Waals surface area (Å²) in [6.45, 7) is 9.10. The van der Waals surface area contributed by atoms with Gasteiger partial charge in [0.2, 0.25) is 0 Å². The summed E-state index contributed by atoms with van der Waals surface area (Å²) in [6.07, 6.45) is 1.59. The standard InChI is InChI=1S/C14H24N6O2/c1(3-19-5-9-21-10-6-19)13-15-17-14(18-16-13)2-4-20-7-11-22-12-8-20/h1-12H2. The Kier molecular flexibility index (Phi) is 6.00. The Morgan fingerprint density at radius 1 is 0.636 bits per heavy atom. The van der Waals surface area contributed by atoms with Crippen molar-refractivity contribution in [1.82, 2.24) is 30.2 Å². The Bertz CT molecular complexity index is 390. The lowest BCUT2D eigenvalue weighted by atomic mass is 10.3. The van der Waals surface area contributed by atoms with Gasteiger partial charge in [-0.25, -0.2) is 0 Å². The second-order valence-electron chi connectivity index (χ2n) is 5.64. The van der Waals surface area contributed by atoms with E-state index in [9.17, 15) is 0 Å². The third-order valence-corrected chi connectivity index (χ3v) is 4.07. The molecule has 0 radical (unpaired) electrons. The van der Waals surface area contributed by atoms with Crippen LogP contribution in [-0.4, -0.2) is 95.9 Å². The van der Waals surface area contributed by atoms with Crippen LogP contribution >= 0.6 is 0 Å². The second-order valence-corrected chi connectivity index (χ2v) is 5.64. The zero-order valence-electron chi connectivity index (χ0n) is 13.0. The van der Waals surface area contributed by atoms with Crippen LogP contribution in [0.25, 0.3) is 0 Å². The first-order valence-electron chi connectivity index (χ1n) is 8.05. The fourth-order valence-electron chi connectivity index (χ4n) is 2.64. The highest BCUT2D eigenvalue weighted by atomic mass is 16.5. The second kappa shape index (κ2) is 8.42. The summed E-state index contributed by atoms with van der Waals surface area (Å²) in [5, 5.41) is 16.8. The fraction of sp³-hybridized carbons (Fsp3) is 0.857. The molecule has 1 aromatic heterocycles. The minimum atomic E-state index is 0.724. The van der Waals surface area contributed by atoms with E-state index < -0.39 is 0 Å². The van der Waals surface area contributed by atoms with Gasteiger partial charge in [-0.1, -0.05) is 0 Å². The Balaban J connectivity index is 1.39. The summed E-state index contributed by atoms with van der Waals surface area (Å²) in [5.41, 5.74) is 0. The van der Waals surface area contributed by atoms with Crippen molar-refractivity contribution in [3.05, 3.63) is 11.6 Å². The quantitative estimate of drug-likeness (QED) is 0.663. The predicted octanol–water partition coefficient (Wildman–Crippen LogP) is -0.984. The minimum Gasteiger partial charge on any atom is -0.379 e. The third-order valence-electron chi connectivity index (χ3n) is 4.07. The SMILES string of the molecule is C1CN(CCc2nnc(CCN3CCOCC3)nn2)CCO1. The topological polar surface area (TPSA) is 76.5 Å². The number of rotatable bonds is 6. The summed E-state index contributed by atoms with van der Waals surface area (Å²) >= 11 is 0. The van der Waals surface area contributed by atoms with E-state index in [4.69, 9.17) is 9.47 Å². The van der Waals surface area contributed by atoms with Crippen molar-refractivity contribution in [3.63, 3.8) is 0 Å². The van der Waals surface area contributed by atoms with Crippen LogP contribution in [0.3, 0.4) is 0 Å². The van der Waals surface area contributed by atoms with Crippen LogP contribution in [0, 0.1) is 0 Å². The van der Waals surface area contributed by atoms with Gasteiger partial charge in [0.1, 0.15) is 0 Å². The maximum Gasteiger partial charge on any atom is 0.174 e. The van der Waals surface area contributed by atoms with Crippen LogP contribution in [0.2, 0.25) is 0 Å². The van der Waals surface area contributed by atoms with Crippen LogP contribution < -0.4 is 0 Å². The van der Waals surface area contributed by atoms with Crippen LogP contribution in [0.15, 0.2) is 0 Å². The normalized spacial score (nSPS) is 21.1. The highest BCUT2D eigenvalue weighted by Crippen LogP contribution is 2.00. The number of hydrogen-bond acceptors (Lipinski definition) is 8. The molecule has 0 bridgehead atoms. The molecule has 8 heteroatoms. The number of morpholine rings is 2. The van der Waals surface area contributed by atoms with Crippen LogP contribution in [0.4, 0.5) is 0 Å². The third kappa shape index (κ3) is 4.91. The molecular weight excluding hydrogens is 284 g/mol. The van der Waals surface area contributed by atoms with E-state index in [1.54, 1.807) is 0 Å². The molecule has 2 saturated heterocycles. The van der Waals surface area contributed by atoms with Gasteiger partial charge in [0.15, 0.2) is 11.6 Å². The first-order chi connectivity index (χ1) is 10.9. The molecule has 0 spiro atoms. The smallest absolute Gasteiger partial charge is 0.174 e. The molecule has 2 aliphatic rings. The van der Waals surface area contributed by atoms with Crippen LogP contribution in [0.1, 0.15) is 11.6 Å². The van der Waals surface area contributed by atoms with Crippen molar-refractivity contribution < 1.29 is 9.47 Å². The molecular formula is C14H24N6O2. The van der Waals surface area contributed by atoms with Gasteiger partial charge in [-0.3, -0.25) is 9.80 Å². The van der Waals surface area contributed by atoms with E-state index >= 15 is 0 Å². The molecule has 2 fully saturated rings. The molecule has 0 amide bonds. The maximum atomic E-state index is 5.33. The molecule has 122 valence electrons. The minimum absolute atomic E-state index is 0.724. The van der Waals surface area contributed by atoms with Gasteiger partial charge < -0.3 is 9.47 Å². The van der Waals surface area contributed by atoms with Crippen molar-refractivity contribution in [2.75, 3.05) is 65.7 Å². The largest absolute Gasteiger partial charge is 0.379 e. The van der Waals surface area contributed by atoms with Crippen LogP contribution in [0.5, 0.6) is 0 Å². The lowest BCUT2D eigenvalue weighted by Gasteiger charge is -2.26. The monoisotopic (exact) mass is 308 g/mol. The van der Waals surface area contributed by atoms with E-state index in [1.807, 2.05) is 0 Å². The van der Waals surface area contributed by atoms with E-state index in [0.29, 0.717) is 0 Å². The van der Waals surface area contributed by atoms with Crippen LogP contribution in [-0.2, 0) is 22.3 Å². The van der Waals surface area contributed by atoms with Crippen molar-refractivity contribution >= 4 is 0 Å². The Labute approximate surface area is 130 Å². The van der Waals surface area contributed by atoms with Crippen molar-refractivity contribution in [2.45, 2.75) is 12.8 Å². The number of ether oxygens (including phenoxy) is 2. The number of nitrogens with zero attached hydrogens (tertiary/aromatic N) is 6. The molecule has 1 aromatic rings. The fourth-order valence-corrected chi connectivity index (χ4v) is 2.64. The molecule has 0 unspecified atom stereocenters. The van der Waals surface area contributed by atoms with Crippen molar-refractivity contribution in [2.24, 2.45) is 0 Å². The van der Waals surface area contributed by atoms with E-state index in [2.05, 4.69) is 30.2 Å². The first kappa shape index (κ1) is 15.7. The Hall–Kier alpha value is -1.22. The number of aromatic nitrogens is 4. The van der Waals surface area contributed by atoms with E-state index in [-0.39, 0.29) is 0 Å². The average Bonchev–Trinajstić information content (AvgIpc) is 2.61. The molecule has 0 aromatic carbocycles. The lowest BCUT2D eigenvalue weighted by molar-refractivity contribution is 0.0378. The predicted molar refractivity (Wildman–Crippen MR) is 79.5 cm³/mol. The summed E-state index contributed by atoms with van der Waals surface area (Å²) < 4.78 is 10.7. The van der Waals surface area contributed by atoms with Gasteiger partial charge in [0.05, 0.1) is 26.4 Å². The van der Waals surface area contributed by atoms with E-state index in [0.717, 1.165) is 90.2 Å². The molecule has 3 heterocycles. The lowest BCUT2D eigenvalue weighted by Crippen LogP contribution is -2.38. The van der Waals surface area contributed by atoms with Gasteiger partial charge in [0.25, 0.3) is 0 Å². The first-order valence-corrected chi connectivity index (χ1v) is 8.05. The molecule has 0 aliphatic carbocycles. The summed E-state index contributed by atoms with van der Waals surface area (Å²) in [4.78, 5) is 4.72. The van der Waals surface area contributed by atoms with Gasteiger partial charge in [-0.15, -0.1) is 20.4 Å². The maximum absolute atomic E-state index is 5.33. The van der Waals surface area contributed by atoms with Gasteiger partial charge >= 0.3 is 0 Å². The molecule has 0 saturated carbocycles. The Morgan fingerprint density at radius 2 is 1.00 bits per heavy atom. The van der Waals surface area contributed by atoms with Gasteiger partial charge in [-0.05, 0) is 0 Å². The number of hydrogen-bond donors (Lipinski definition) is 0. The summed E-state index contributed by atoms with van der Waals surface area (Å²) in [5.74, 6) is 1.45. The molecule has 3 rings (SSSR count). The molecule has 0 N–H and O–H groups in total. The van der Waals surface area contributed by atoms with Gasteiger partial charge in [0, 0.05) is 52.1 Å². The van der Waals surface area contributed by atoms with Crippen molar-refractivity contribution in [1.29, 1.82) is 0 Å². The molecule has 0 atom stereocenters. The molecule has 8 nitrogen and oxygen atoms in total. The summed E-state index contributed by atoms with van der Waals surface area (Å²) in [6, 6.07) is 0. The highest BCUT2D eigenvalue weighted by molar-refractivity contribution is 4.85. The van der Waals surface area contributed by atoms with Gasteiger partial charge in [-0.2, -0.15) is 0 Å². The average molecular weight is 308 g/mol. The molecule has 22 heavy (non-hydrogen) atoms. The zero-order valence-corrected chi connectivity index (χ0v) is 13.0. The van der Waals surface area contributed by atoms with E-state index in [1.165, 1.54) is 0 Å². The molecule has 2 aliphatic heterocycles. The zero-order chi connectivity index (χ0) is 15.0.